The van der Waals surface area contributed by atoms with Gasteiger partial charge in [-0.3, -0.25) is 24.1 Å². The lowest BCUT2D eigenvalue weighted by atomic mass is 9.59. The van der Waals surface area contributed by atoms with Crippen molar-refractivity contribution in [2.75, 3.05) is 6.54 Å². The fraction of sp³-hybridized carbons (Fsp3) is 0.310. The number of hydrogen-bond acceptors (Lipinski definition) is 5. The molecule has 2 aromatic rings. The van der Waals surface area contributed by atoms with Crippen LogP contribution in [0.5, 0.6) is 5.75 Å². The normalized spacial score (nSPS) is 28.1. The lowest BCUT2D eigenvalue weighted by molar-refractivity contribution is -0.139. The van der Waals surface area contributed by atoms with Gasteiger partial charge in [-0.25, -0.2) is 0 Å². The highest BCUT2D eigenvalue weighted by atomic mass is 16.3. The smallest absolute Gasteiger partial charge is 0.233 e. The van der Waals surface area contributed by atoms with Gasteiger partial charge in [0, 0.05) is 40.1 Å². The quantitative estimate of drug-likeness (QED) is 0.410. The number of phenols is 1. The Morgan fingerprint density at radius 3 is 2.54 bits per heavy atom. The molecule has 1 heterocycles. The van der Waals surface area contributed by atoms with Crippen LogP contribution in [0.1, 0.15) is 38.2 Å². The van der Waals surface area contributed by atoms with E-state index < -0.39 is 17.8 Å². The standard InChI is InChI=1S/C29H25NO5/c1-3-30-28(34)19-11-10-17-20(24(19)29(30)35)13-21-25(22(31)12-14(2)26(21)32)23(17)18-9-8-15-6-4-5-7-16(15)27(18)33/h4-10,12,19-20,23-24,33H,3,11,13H2,1-2H3/t19-,20+,23+,24-/m0/s1. The minimum atomic E-state index is -0.645. The molecule has 1 aliphatic heterocycles. The Balaban J connectivity index is 1.59. The number of imide groups is 1. The number of likely N-dealkylation sites (tertiary alicyclic amines) is 1. The molecule has 0 aromatic heterocycles. The van der Waals surface area contributed by atoms with E-state index in [9.17, 15) is 24.3 Å². The van der Waals surface area contributed by atoms with E-state index in [0.717, 1.165) is 11.0 Å². The van der Waals surface area contributed by atoms with Crippen LogP contribution < -0.4 is 0 Å². The second-order valence-electron chi connectivity index (χ2n) is 9.87. The number of carbonyl (C=O) groups is 4. The minimum Gasteiger partial charge on any atom is -0.507 e. The zero-order valence-electron chi connectivity index (χ0n) is 19.6. The van der Waals surface area contributed by atoms with Gasteiger partial charge in [-0.1, -0.05) is 48.0 Å². The van der Waals surface area contributed by atoms with Crippen molar-refractivity contribution in [1.29, 1.82) is 0 Å². The molecule has 0 radical (unpaired) electrons. The summed E-state index contributed by atoms with van der Waals surface area (Å²) >= 11 is 0. The Hall–Kier alpha value is -3.80. The summed E-state index contributed by atoms with van der Waals surface area (Å²) in [5.74, 6) is -2.76. The molecule has 6 heteroatoms. The summed E-state index contributed by atoms with van der Waals surface area (Å²) in [6.07, 6.45) is 4.01. The van der Waals surface area contributed by atoms with E-state index in [1.54, 1.807) is 13.8 Å². The second kappa shape index (κ2) is 7.60. The van der Waals surface area contributed by atoms with Crippen LogP contribution in [-0.4, -0.2) is 39.9 Å². The number of allylic oxidation sites excluding steroid dienone is 6. The van der Waals surface area contributed by atoms with Crippen LogP contribution in [0.2, 0.25) is 0 Å². The van der Waals surface area contributed by atoms with E-state index in [1.807, 2.05) is 42.5 Å². The Morgan fingerprint density at radius 1 is 1.00 bits per heavy atom. The highest BCUT2D eigenvalue weighted by molar-refractivity contribution is 6.24. The van der Waals surface area contributed by atoms with Gasteiger partial charge in [0.15, 0.2) is 11.6 Å². The van der Waals surface area contributed by atoms with Gasteiger partial charge in [0.25, 0.3) is 0 Å². The molecule has 6 nitrogen and oxygen atoms in total. The average Bonchev–Trinajstić information content (AvgIpc) is 3.11. The van der Waals surface area contributed by atoms with E-state index in [4.69, 9.17) is 0 Å². The summed E-state index contributed by atoms with van der Waals surface area (Å²) in [6, 6.07) is 11.2. The number of aromatic hydroxyl groups is 1. The van der Waals surface area contributed by atoms with E-state index in [1.165, 1.54) is 11.0 Å². The van der Waals surface area contributed by atoms with Crippen molar-refractivity contribution in [3.8, 4) is 5.75 Å². The molecule has 3 aliphatic carbocycles. The van der Waals surface area contributed by atoms with Crippen molar-refractivity contribution >= 4 is 34.2 Å². The molecule has 2 amide bonds. The maximum absolute atomic E-state index is 13.3. The van der Waals surface area contributed by atoms with Gasteiger partial charge >= 0.3 is 0 Å². The summed E-state index contributed by atoms with van der Waals surface area (Å²) in [7, 11) is 0. The van der Waals surface area contributed by atoms with Crippen LogP contribution >= 0.6 is 0 Å². The van der Waals surface area contributed by atoms with Crippen LogP contribution in [-0.2, 0) is 19.2 Å². The minimum absolute atomic E-state index is 0.0687. The third-order valence-corrected chi connectivity index (χ3v) is 8.21. The molecule has 0 saturated carbocycles. The third-order valence-electron chi connectivity index (χ3n) is 8.21. The lowest BCUT2D eigenvalue weighted by Gasteiger charge is -2.42. The first-order valence-electron chi connectivity index (χ1n) is 12.1. The van der Waals surface area contributed by atoms with Crippen LogP contribution in [0.4, 0.5) is 0 Å². The Bertz CT molecular complexity index is 1460. The zero-order chi connectivity index (χ0) is 24.6. The highest BCUT2D eigenvalue weighted by Gasteiger charge is 2.56. The molecular formula is C29H25NO5. The molecule has 0 bridgehead atoms. The fourth-order valence-corrected chi connectivity index (χ4v) is 6.62. The number of ketones is 2. The number of nitrogens with zero attached hydrogens (tertiary/aromatic N) is 1. The summed E-state index contributed by atoms with van der Waals surface area (Å²) in [4.78, 5) is 54.2. The monoisotopic (exact) mass is 467 g/mol. The molecule has 176 valence electrons. The first-order chi connectivity index (χ1) is 16.8. The van der Waals surface area contributed by atoms with E-state index in [0.29, 0.717) is 40.6 Å². The van der Waals surface area contributed by atoms with Crippen molar-refractivity contribution < 1.29 is 24.3 Å². The molecule has 4 aliphatic rings. The van der Waals surface area contributed by atoms with Gasteiger partial charge in [-0.15, -0.1) is 0 Å². The second-order valence-corrected chi connectivity index (χ2v) is 9.87. The summed E-state index contributed by atoms with van der Waals surface area (Å²) in [5.41, 5.74) is 2.56. The number of rotatable bonds is 2. The first kappa shape index (κ1) is 21.7. The molecule has 1 saturated heterocycles. The van der Waals surface area contributed by atoms with Crippen molar-refractivity contribution in [1.82, 2.24) is 4.90 Å². The van der Waals surface area contributed by atoms with Gasteiger partial charge < -0.3 is 5.11 Å². The maximum atomic E-state index is 13.3. The average molecular weight is 468 g/mol. The molecule has 1 fully saturated rings. The fourth-order valence-electron chi connectivity index (χ4n) is 6.62. The lowest BCUT2D eigenvalue weighted by Crippen LogP contribution is -2.39. The predicted molar refractivity (Wildman–Crippen MR) is 129 cm³/mol. The van der Waals surface area contributed by atoms with Gasteiger partial charge in [0.1, 0.15) is 5.75 Å². The van der Waals surface area contributed by atoms with Crippen molar-refractivity contribution in [2.24, 2.45) is 17.8 Å². The molecule has 0 unspecified atom stereocenters. The van der Waals surface area contributed by atoms with Crippen LogP contribution in [0.3, 0.4) is 0 Å². The van der Waals surface area contributed by atoms with Crippen LogP contribution in [0, 0.1) is 17.8 Å². The molecule has 4 atom stereocenters. The van der Waals surface area contributed by atoms with Crippen molar-refractivity contribution in [2.45, 2.75) is 32.6 Å². The van der Waals surface area contributed by atoms with E-state index >= 15 is 0 Å². The number of carbonyl (C=O) groups excluding carboxylic acids is 4. The van der Waals surface area contributed by atoms with E-state index in [-0.39, 0.29) is 41.5 Å². The van der Waals surface area contributed by atoms with Gasteiger partial charge in [-0.05, 0) is 44.1 Å². The van der Waals surface area contributed by atoms with Gasteiger partial charge in [-0.2, -0.15) is 0 Å². The topological polar surface area (TPSA) is 91.8 Å². The predicted octanol–water partition coefficient (Wildman–Crippen LogP) is 3.99. The van der Waals surface area contributed by atoms with Crippen molar-refractivity contribution in [3.05, 3.63) is 76.4 Å². The van der Waals surface area contributed by atoms with E-state index in [2.05, 4.69) is 0 Å². The zero-order valence-corrected chi connectivity index (χ0v) is 19.6. The maximum Gasteiger partial charge on any atom is 0.233 e. The molecule has 0 spiro atoms. The summed E-state index contributed by atoms with van der Waals surface area (Å²) in [6.45, 7) is 3.73. The molecular weight excluding hydrogens is 442 g/mol. The number of Topliss-reactive ketones (excluding diaryl/α,β-unsaturated/α-hetero) is 1. The Kier molecular flexibility index (Phi) is 4.72. The molecule has 6 rings (SSSR count). The van der Waals surface area contributed by atoms with Gasteiger partial charge in [0.05, 0.1) is 11.8 Å². The Labute approximate surface area is 202 Å². The summed E-state index contributed by atoms with van der Waals surface area (Å²) < 4.78 is 0. The third kappa shape index (κ3) is 2.89. The number of phenolic OH excluding ortho intramolecular Hbond substituents is 1. The number of fused-ring (bicyclic) bond motifs is 4. The van der Waals surface area contributed by atoms with Crippen LogP contribution in [0.25, 0.3) is 10.8 Å². The summed E-state index contributed by atoms with van der Waals surface area (Å²) in [5, 5.41) is 12.9. The molecule has 2 aromatic carbocycles. The Morgan fingerprint density at radius 2 is 1.77 bits per heavy atom. The molecule has 1 N–H and O–H groups in total. The van der Waals surface area contributed by atoms with Crippen molar-refractivity contribution in [3.63, 3.8) is 0 Å². The largest absolute Gasteiger partial charge is 0.507 e. The number of hydrogen-bond donors (Lipinski definition) is 1. The SMILES string of the molecule is CCN1C(=O)[C@H]2[C@H](CC=C3[C@H](c4ccc5ccccc5c4O)C4=C(C[C@H]32)C(=O)C(C)=CC4=O)C1=O. The van der Waals surface area contributed by atoms with Gasteiger partial charge in [0.2, 0.25) is 11.8 Å². The highest BCUT2D eigenvalue weighted by Crippen LogP contribution is 2.56. The first-order valence-corrected chi connectivity index (χ1v) is 12.1. The number of amides is 2. The molecule has 35 heavy (non-hydrogen) atoms. The van der Waals surface area contributed by atoms with Crippen LogP contribution in [0.15, 0.2) is 70.8 Å². The number of benzene rings is 2.